The Morgan fingerprint density at radius 1 is 1.29 bits per heavy atom. The second kappa shape index (κ2) is 9.94. The van der Waals surface area contributed by atoms with Crippen molar-refractivity contribution in [2.75, 3.05) is 19.6 Å². The number of fused-ring (bicyclic) bond motifs is 2. The molecule has 1 saturated heterocycles. The summed E-state index contributed by atoms with van der Waals surface area (Å²) in [5.41, 5.74) is 0.668. The summed E-state index contributed by atoms with van der Waals surface area (Å²) in [6, 6.07) is 13.1. The van der Waals surface area contributed by atoms with Gasteiger partial charge in [-0.2, -0.15) is 0 Å². The van der Waals surface area contributed by atoms with Gasteiger partial charge in [0.1, 0.15) is 23.4 Å². The normalized spacial score (nSPS) is 19.6. The lowest BCUT2D eigenvalue weighted by Crippen LogP contribution is -2.56. The summed E-state index contributed by atoms with van der Waals surface area (Å²) >= 11 is 6.24. The fourth-order valence-corrected chi connectivity index (χ4v) is 4.63. The number of amidine groups is 1. The number of nitrogens with one attached hydrogen (secondary N) is 1. The Bertz CT molecular complexity index is 1080. The second-order valence-corrected chi connectivity index (χ2v) is 10.1. The van der Waals surface area contributed by atoms with E-state index in [2.05, 4.69) is 10.2 Å². The zero-order valence-corrected chi connectivity index (χ0v) is 20.8. The summed E-state index contributed by atoms with van der Waals surface area (Å²) in [4.78, 5) is 20.0. The smallest absolute Gasteiger partial charge is 0.310 e. The van der Waals surface area contributed by atoms with Gasteiger partial charge in [0.05, 0.1) is 17.1 Å². The van der Waals surface area contributed by atoms with Crippen LogP contribution in [0.1, 0.15) is 39.7 Å². The molecule has 0 aromatic heterocycles. The molecule has 2 N–H and O–H groups in total. The van der Waals surface area contributed by atoms with Crippen molar-refractivity contribution < 1.29 is 19.4 Å². The number of para-hydroxylation sites is 1. The fourth-order valence-electron chi connectivity index (χ4n) is 4.46. The third kappa shape index (κ3) is 5.71. The van der Waals surface area contributed by atoms with Crippen molar-refractivity contribution in [1.82, 2.24) is 10.2 Å². The van der Waals surface area contributed by atoms with E-state index in [1.54, 1.807) is 26.0 Å². The fraction of sp³-hybridized carbons (Fsp3) is 0.462. The molecule has 8 heteroatoms. The zero-order valence-electron chi connectivity index (χ0n) is 20.0. The molecule has 0 amide bonds. The van der Waals surface area contributed by atoms with E-state index < -0.39 is 5.60 Å². The summed E-state index contributed by atoms with van der Waals surface area (Å²) in [5, 5.41) is 14.1. The van der Waals surface area contributed by atoms with E-state index >= 15 is 0 Å². The number of rotatable bonds is 5. The lowest BCUT2D eigenvalue weighted by molar-refractivity contribution is -0.156. The molecule has 7 nitrogen and oxygen atoms in total. The van der Waals surface area contributed by atoms with Crippen molar-refractivity contribution in [1.29, 1.82) is 0 Å². The molecule has 4 rings (SSSR count). The molecule has 182 valence electrons. The highest BCUT2D eigenvalue weighted by Gasteiger charge is 2.33. The van der Waals surface area contributed by atoms with E-state index in [-0.39, 0.29) is 24.0 Å². The number of halogens is 1. The van der Waals surface area contributed by atoms with Gasteiger partial charge in [0, 0.05) is 37.1 Å². The monoisotopic (exact) mass is 485 g/mol. The summed E-state index contributed by atoms with van der Waals surface area (Å²) in [6.45, 7) is 9.12. The van der Waals surface area contributed by atoms with Crippen LogP contribution < -0.4 is 10.1 Å². The first-order valence-electron chi connectivity index (χ1n) is 11.7. The van der Waals surface area contributed by atoms with E-state index in [4.69, 9.17) is 26.1 Å². The second-order valence-electron chi connectivity index (χ2n) is 9.71. The molecule has 1 unspecified atom stereocenters. The highest BCUT2D eigenvalue weighted by Crippen LogP contribution is 2.39. The summed E-state index contributed by atoms with van der Waals surface area (Å²) in [5.74, 6) is 1.52. The zero-order chi connectivity index (χ0) is 24.5. The Morgan fingerprint density at radius 3 is 2.82 bits per heavy atom. The molecule has 0 aliphatic carbocycles. The Kier molecular flexibility index (Phi) is 7.17. The minimum absolute atomic E-state index is 0.117. The Hall–Kier alpha value is -2.61. The number of esters is 1. The Morgan fingerprint density at radius 2 is 2.06 bits per heavy atom. The van der Waals surface area contributed by atoms with E-state index in [1.165, 1.54) is 0 Å². The molecule has 2 aliphatic rings. The average Bonchev–Trinajstić information content (AvgIpc) is 2.94. The van der Waals surface area contributed by atoms with Gasteiger partial charge >= 0.3 is 5.97 Å². The number of aliphatic imine (C=N–C) groups is 1. The topological polar surface area (TPSA) is 83.4 Å². The van der Waals surface area contributed by atoms with Crippen LogP contribution in [-0.4, -0.2) is 59.2 Å². The summed E-state index contributed by atoms with van der Waals surface area (Å²) in [7, 11) is 0. The highest BCUT2D eigenvalue weighted by atomic mass is 35.5. The largest absolute Gasteiger partial charge is 0.462 e. The molecule has 1 fully saturated rings. The van der Waals surface area contributed by atoms with Gasteiger partial charge < -0.3 is 24.8 Å². The SMILES string of the molecule is CC(C(=O)O[C@H](C)CC(C)(C)O)[C@H]1CN(C2=Nc3cc(Cl)ccc3Oc3ccccc32)CCN1. The molecule has 2 aromatic rings. The van der Waals surface area contributed by atoms with Gasteiger partial charge in [0.25, 0.3) is 0 Å². The maximum atomic E-state index is 12.8. The predicted octanol–water partition coefficient (Wildman–Crippen LogP) is 4.53. The van der Waals surface area contributed by atoms with Gasteiger partial charge in [-0.1, -0.05) is 30.7 Å². The number of hydrogen-bond donors (Lipinski definition) is 2. The van der Waals surface area contributed by atoms with Crippen LogP contribution in [0.2, 0.25) is 5.02 Å². The van der Waals surface area contributed by atoms with Crippen molar-refractivity contribution >= 4 is 29.1 Å². The molecule has 3 atom stereocenters. The molecule has 0 radical (unpaired) electrons. The van der Waals surface area contributed by atoms with Crippen LogP contribution in [0.15, 0.2) is 47.5 Å². The number of carbonyl (C=O) groups is 1. The van der Waals surface area contributed by atoms with Crippen molar-refractivity contribution in [3.8, 4) is 11.5 Å². The molecular formula is C26H32ClN3O4. The molecule has 2 aromatic carbocycles. The first-order valence-corrected chi connectivity index (χ1v) is 12.1. The summed E-state index contributed by atoms with van der Waals surface area (Å²) in [6.07, 6.45) is 0.0109. The number of piperazine rings is 1. The quantitative estimate of drug-likeness (QED) is 0.605. The van der Waals surface area contributed by atoms with Gasteiger partial charge in [0.2, 0.25) is 0 Å². The lowest BCUT2D eigenvalue weighted by atomic mass is 9.98. The van der Waals surface area contributed by atoms with Gasteiger partial charge in [0.15, 0.2) is 5.75 Å². The third-order valence-electron chi connectivity index (χ3n) is 6.08. The number of carbonyl (C=O) groups excluding carboxylic acids is 1. The predicted molar refractivity (Wildman–Crippen MR) is 133 cm³/mol. The average molecular weight is 486 g/mol. The van der Waals surface area contributed by atoms with Crippen molar-refractivity contribution in [2.45, 2.75) is 51.9 Å². The number of ether oxygens (including phenoxy) is 2. The number of aliphatic hydroxyl groups is 1. The number of benzene rings is 2. The van der Waals surface area contributed by atoms with Crippen LogP contribution in [0.3, 0.4) is 0 Å². The van der Waals surface area contributed by atoms with E-state index in [9.17, 15) is 9.90 Å². The van der Waals surface area contributed by atoms with Crippen molar-refractivity contribution in [3.63, 3.8) is 0 Å². The number of hydrogen-bond acceptors (Lipinski definition) is 7. The van der Waals surface area contributed by atoms with Crippen LogP contribution in [0.5, 0.6) is 11.5 Å². The standard InChI is InChI=1S/C26H32ClN3O4/c1-16(14-26(3,4)32)33-25(31)17(2)21-15-30(12-11-28-21)24-19-7-5-6-8-22(19)34-23-10-9-18(27)13-20(23)29-24/h5-10,13,16-17,21,28,32H,11-12,14-15H2,1-4H3/t16-,17?,21-/m1/s1. The lowest BCUT2D eigenvalue weighted by Gasteiger charge is -2.38. The highest BCUT2D eigenvalue weighted by molar-refractivity contribution is 6.31. The van der Waals surface area contributed by atoms with Crippen LogP contribution in [0.25, 0.3) is 0 Å². The van der Waals surface area contributed by atoms with Crippen molar-refractivity contribution in [2.24, 2.45) is 10.9 Å². The van der Waals surface area contributed by atoms with Crippen LogP contribution in [0, 0.1) is 5.92 Å². The van der Waals surface area contributed by atoms with E-state index in [0.29, 0.717) is 36.0 Å². The Labute approximate surface area is 205 Å². The first-order chi connectivity index (χ1) is 16.1. The van der Waals surface area contributed by atoms with E-state index in [0.717, 1.165) is 23.7 Å². The van der Waals surface area contributed by atoms with Crippen LogP contribution >= 0.6 is 11.6 Å². The van der Waals surface area contributed by atoms with Crippen molar-refractivity contribution in [3.05, 3.63) is 53.1 Å². The number of nitrogens with zero attached hydrogens (tertiary/aromatic N) is 2. The van der Waals surface area contributed by atoms with Gasteiger partial charge in [-0.25, -0.2) is 4.99 Å². The third-order valence-corrected chi connectivity index (χ3v) is 6.31. The summed E-state index contributed by atoms with van der Waals surface area (Å²) < 4.78 is 11.8. The molecule has 2 aliphatic heterocycles. The first kappa shape index (κ1) is 24.5. The van der Waals surface area contributed by atoms with Crippen LogP contribution in [-0.2, 0) is 9.53 Å². The van der Waals surface area contributed by atoms with Gasteiger partial charge in [-0.05, 0) is 51.1 Å². The molecule has 0 saturated carbocycles. The minimum atomic E-state index is -0.894. The molecule has 34 heavy (non-hydrogen) atoms. The van der Waals surface area contributed by atoms with E-state index in [1.807, 2.05) is 44.2 Å². The Balaban J connectivity index is 1.55. The molecule has 2 heterocycles. The molecule has 0 bridgehead atoms. The minimum Gasteiger partial charge on any atom is -0.462 e. The molecular weight excluding hydrogens is 454 g/mol. The maximum absolute atomic E-state index is 12.8. The van der Waals surface area contributed by atoms with Gasteiger partial charge in [-0.3, -0.25) is 4.79 Å². The van der Waals surface area contributed by atoms with Gasteiger partial charge in [-0.15, -0.1) is 0 Å². The van der Waals surface area contributed by atoms with Crippen LogP contribution in [0.4, 0.5) is 5.69 Å². The maximum Gasteiger partial charge on any atom is 0.310 e. The molecule has 0 spiro atoms.